The molecular weight excluding hydrogens is 256 g/mol. The van der Waals surface area contributed by atoms with E-state index in [1.807, 2.05) is 12.3 Å². The first-order valence-electron chi connectivity index (χ1n) is 6.01. The second kappa shape index (κ2) is 5.32. The van der Waals surface area contributed by atoms with Crippen LogP contribution < -0.4 is 5.32 Å². The normalized spacial score (nSPS) is 10.8. The Bertz CT molecular complexity index is 675. The first-order chi connectivity index (χ1) is 9.35. The highest BCUT2D eigenvalue weighted by atomic mass is 32.2. The van der Waals surface area contributed by atoms with Crippen LogP contribution in [0, 0.1) is 0 Å². The van der Waals surface area contributed by atoms with E-state index in [9.17, 15) is 0 Å². The van der Waals surface area contributed by atoms with Crippen LogP contribution >= 0.6 is 11.8 Å². The highest BCUT2D eigenvalue weighted by molar-refractivity contribution is 7.98. The maximum atomic E-state index is 4.30. The summed E-state index contributed by atoms with van der Waals surface area (Å²) in [5, 5.41) is 11.2. The van der Waals surface area contributed by atoms with Crippen LogP contribution in [-0.2, 0) is 6.54 Å². The molecule has 0 fully saturated rings. The Morgan fingerprint density at radius 2 is 2.05 bits per heavy atom. The highest BCUT2D eigenvalue weighted by Gasteiger charge is 1.99. The van der Waals surface area contributed by atoms with E-state index in [1.54, 1.807) is 18.0 Å². The molecule has 0 aliphatic heterocycles. The van der Waals surface area contributed by atoms with Gasteiger partial charge >= 0.3 is 0 Å². The van der Waals surface area contributed by atoms with Crippen molar-refractivity contribution in [3.63, 3.8) is 0 Å². The largest absolute Gasteiger partial charge is 0.380 e. The Hall–Kier alpha value is -2.01. The SMILES string of the molecule is CSc1ccc(CNc2cnc3[nH]ncc3c2)cc1. The summed E-state index contributed by atoms with van der Waals surface area (Å²) < 4.78 is 0. The van der Waals surface area contributed by atoms with Gasteiger partial charge in [-0.15, -0.1) is 11.8 Å². The first kappa shape index (κ1) is 12.0. The van der Waals surface area contributed by atoms with Gasteiger partial charge in [0.2, 0.25) is 0 Å². The molecular formula is C14H14N4S. The van der Waals surface area contributed by atoms with Crippen molar-refractivity contribution < 1.29 is 0 Å². The van der Waals surface area contributed by atoms with E-state index in [4.69, 9.17) is 0 Å². The van der Waals surface area contributed by atoms with E-state index in [2.05, 4.69) is 51.0 Å². The van der Waals surface area contributed by atoms with Gasteiger partial charge in [0.05, 0.1) is 18.1 Å². The standard InChI is InChI=1S/C14H14N4S/c1-19-13-4-2-10(3-5-13)7-15-12-6-11-8-17-18-14(11)16-9-12/h2-6,8-9,15H,7H2,1H3,(H,16,17,18). The van der Waals surface area contributed by atoms with Crippen LogP contribution in [-0.4, -0.2) is 21.4 Å². The number of pyridine rings is 1. The Kier molecular flexibility index (Phi) is 3.37. The predicted molar refractivity (Wildman–Crippen MR) is 79.4 cm³/mol. The smallest absolute Gasteiger partial charge is 0.155 e. The Balaban J connectivity index is 1.70. The second-order valence-electron chi connectivity index (χ2n) is 4.23. The molecule has 2 aromatic heterocycles. The number of nitrogens with one attached hydrogen (secondary N) is 2. The fraction of sp³-hybridized carbons (Fsp3) is 0.143. The van der Waals surface area contributed by atoms with E-state index in [1.165, 1.54) is 10.5 Å². The molecule has 0 atom stereocenters. The van der Waals surface area contributed by atoms with Crippen molar-refractivity contribution in [3.05, 3.63) is 48.3 Å². The van der Waals surface area contributed by atoms with Crippen LogP contribution in [0.25, 0.3) is 11.0 Å². The lowest BCUT2D eigenvalue weighted by molar-refractivity contribution is 1.09. The third-order valence-corrected chi connectivity index (χ3v) is 3.69. The van der Waals surface area contributed by atoms with Crippen LogP contribution in [0.3, 0.4) is 0 Å². The van der Waals surface area contributed by atoms with Gasteiger partial charge in [0.1, 0.15) is 0 Å². The number of nitrogens with zero attached hydrogens (tertiary/aromatic N) is 2. The second-order valence-corrected chi connectivity index (χ2v) is 5.11. The molecule has 1 aromatic carbocycles. The van der Waals surface area contributed by atoms with Gasteiger partial charge in [0.15, 0.2) is 5.65 Å². The molecule has 0 radical (unpaired) electrons. The number of thioether (sulfide) groups is 1. The van der Waals surface area contributed by atoms with E-state index in [-0.39, 0.29) is 0 Å². The average Bonchev–Trinajstić information content (AvgIpc) is 2.93. The lowest BCUT2D eigenvalue weighted by atomic mass is 10.2. The lowest BCUT2D eigenvalue weighted by Crippen LogP contribution is -1.99. The van der Waals surface area contributed by atoms with Gasteiger partial charge in [-0.2, -0.15) is 5.10 Å². The van der Waals surface area contributed by atoms with Gasteiger partial charge in [-0.05, 0) is 30.0 Å². The van der Waals surface area contributed by atoms with Gasteiger partial charge in [0, 0.05) is 16.8 Å². The van der Waals surface area contributed by atoms with E-state index >= 15 is 0 Å². The number of anilines is 1. The summed E-state index contributed by atoms with van der Waals surface area (Å²) in [6.45, 7) is 0.791. The van der Waals surface area contributed by atoms with Crippen molar-refractivity contribution in [2.45, 2.75) is 11.4 Å². The summed E-state index contributed by atoms with van der Waals surface area (Å²) in [6.07, 6.45) is 5.68. The zero-order chi connectivity index (χ0) is 13.1. The topological polar surface area (TPSA) is 53.6 Å². The number of benzene rings is 1. The minimum absolute atomic E-state index is 0.791. The minimum atomic E-state index is 0.791. The molecule has 0 bridgehead atoms. The van der Waals surface area contributed by atoms with E-state index in [0.717, 1.165) is 23.3 Å². The van der Waals surface area contributed by atoms with E-state index in [0.29, 0.717) is 0 Å². The Labute approximate surface area is 115 Å². The van der Waals surface area contributed by atoms with Crippen molar-refractivity contribution in [1.29, 1.82) is 0 Å². The molecule has 2 N–H and O–H groups in total. The summed E-state index contributed by atoms with van der Waals surface area (Å²) in [5.74, 6) is 0. The highest BCUT2D eigenvalue weighted by Crippen LogP contribution is 2.17. The summed E-state index contributed by atoms with van der Waals surface area (Å²) in [4.78, 5) is 5.58. The molecule has 3 aromatic rings. The first-order valence-corrected chi connectivity index (χ1v) is 7.23. The summed E-state index contributed by atoms with van der Waals surface area (Å²) >= 11 is 1.75. The summed E-state index contributed by atoms with van der Waals surface area (Å²) in [5.41, 5.74) is 3.07. The van der Waals surface area contributed by atoms with Crippen LogP contribution in [0.4, 0.5) is 5.69 Å². The number of aromatic nitrogens is 3. The third-order valence-electron chi connectivity index (χ3n) is 2.95. The lowest BCUT2D eigenvalue weighted by Gasteiger charge is -2.06. The third kappa shape index (κ3) is 2.71. The summed E-state index contributed by atoms with van der Waals surface area (Å²) in [7, 11) is 0. The molecule has 4 nitrogen and oxygen atoms in total. The molecule has 0 aliphatic rings. The van der Waals surface area contributed by atoms with Crippen LogP contribution in [0.2, 0.25) is 0 Å². The molecule has 5 heteroatoms. The number of rotatable bonds is 4. The fourth-order valence-corrected chi connectivity index (χ4v) is 2.29. The number of hydrogen-bond donors (Lipinski definition) is 2. The van der Waals surface area contributed by atoms with Crippen LogP contribution in [0.5, 0.6) is 0 Å². The monoisotopic (exact) mass is 270 g/mol. The number of hydrogen-bond acceptors (Lipinski definition) is 4. The van der Waals surface area contributed by atoms with Gasteiger partial charge in [-0.3, -0.25) is 5.10 Å². The molecule has 19 heavy (non-hydrogen) atoms. The number of H-pyrrole nitrogens is 1. The Morgan fingerprint density at radius 3 is 2.84 bits per heavy atom. The Morgan fingerprint density at radius 1 is 1.21 bits per heavy atom. The zero-order valence-corrected chi connectivity index (χ0v) is 11.4. The zero-order valence-electron chi connectivity index (χ0n) is 10.6. The maximum absolute atomic E-state index is 4.30. The summed E-state index contributed by atoms with van der Waals surface area (Å²) in [6, 6.07) is 10.6. The molecule has 0 saturated carbocycles. The van der Waals surface area contributed by atoms with Crippen molar-refractivity contribution in [2.75, 3.05) is 11.6 Å². The minimum Gasteiger partial charge on any atom is -0.380 e. The quantitative estimate of drug-likeness (QED) is 0.714. The van der Waals surface area contributed by atoms with Gasteiger partial charge in [-0.1, -0.05) is 12.1 Å². The number of fused-ring (bicyclic) bond motifs is 1. The average molecular weight is 270 g/mol. The predicted octanol–water partition coefficient (Wildman–Crippen LogP) is 3.29. The molecule has 2 heterocycles. The van der Waals surface area contributed by atoms with Crippen molar-refractivity contribution in [2.24, 2.45) is 0 Å². The van der Waals surface area contributed by atoms with Crippen molar-refractivity contribution in [3.8, 4) is 0 Å². The molecule has 0 amide bonds. The van der Waals surface area contributed by atoms with Gasteiger partial charge in [0.25, 0.3) is 0 Å². The van der Waals surface area contributed by atoms with E-state index < -0.39 is 0 Å². The molecule has 0 saturated heterocycles. The van der Waals surface area contributed by atoms with Crippen molar-refractivity contribution >= 4 is 28.5 Å². The van der Waals surface area contributed by atoms with Crippen LogP contribution in [0.15, 0.2) is 47.6 Å². The molecule has 96 valence electrons. The molecule has 0 spiro atoms. The fourth-order valence-electron chi connectivity index (χ4n) is 1.88. The van der Waals surface area contributed by atoms with Crippen LogP contribution in [0.1, 0.15) is 5.56 Å². The number of aromatic amines is 1. The molecule has 0 unspecified atom stereocenters. The molecule has 3 rings (SSSR count). The van der Waals surface area contributed by atoms with Crippen molar-refractivity contribution in [1.82, 2.24) is 15.2 Å². The van der Waals surface area contributed by atoms with Gasteiger partial charge in [-0.25, -0.2) is 4.98 Å². The maximum Gasteiger partial charge on any atom is 0.155 e. The van der Waals surface area contributed by atoms with Gasteiger partial charge < -0.3 is 5.32 Å². The molecule has 0 aliphatic carbocycles.